The molecule has 0 saturated heterocycles. The first-order chi connectivity index (χ1) is 5.25. The molecule has 0 aliphatic rings. The Labute approximate surface area is 214 Å². The second kappa shape index (κ2) is 12.8. The fourth-order valence-corrected chi connectivity index (χ4v) is 1.03. The fraction of sp³-hybridized carbons (Fsp3) is 0.500. The monoisotopic (exact) mass is 312 g/mol. The number of carboxylic acids is 2. The van der Waals surface area contributed by atoms with E-state index in [-0.39, 0.29) is 154 Å². The summed E-state index contributed by atoms with van der Waals surface area (Å²) in [5.41, 5.74) is 0. The molecule has 0 heterocycles. The van der Waals surface area contributed by atoms with Crippen LogP contribution in [0.15, 0.2) is 0 Å². The van der Waals surface area contributed by atoms with Crippen molar-refractivity contribution in [2.24, 2.45) is 0 Å². The molecule has 0 aromatic heterocycles. The van der Waals surface area contributed by atoms with Crippen molar-refractivity contribution in [3.8, 4) is 0 Å². The van der Waals surface area contributed by atoms with E-state index in [1.165, 1.54) is 0 Å². The normalized spacial score (nSPS) is 11.0. The minimum absolute atomic E-state index is 0. The minimum atomic E-state index is -5.19. The molecular formula is C4H3K3O7S. The zero-order chi connectivity index (χ0) is 9.94. The van der Waals surface area contributed by atoms with Crippen LogP contribution >= 0.6 is 0 Å². The maximum Gasteiger partial charge on any atom is 1.00 e. The van der Waals surface area contributed by atoms with E-state index in [2.05, 4.69) is 0 Å². The maximum atomic E-state index is 10.0. The first-order valence-electron chi connectivity index (χ1n) is 2.60. The van der Waals surface area contributed by atoms with Crippen LogP contribution in [-0.4, -0.2) is 30.2 Å². The number of aliphatic carboxylic acids is 2. The van der Waals surface area contributed by atoms with Crippen molar-refractivity contribution < 1.29 is 187 Å². The van der Waals surface area contributed by atoms with E-state index >= 15 is 0 Å². The zero-order valence-corrected chi connectivity index (χ0v) is 18.7. The number of rotatable bonds is 4. The molecule has 0 radical (unpaired) electrons. The van der Waals surface area contributed by atoms with E-state index in [0.717, 1.165) is 0 Å². The molecule has 0 saturated carbocycles. The molecule has 0 N–H and O–H groups in total. The largest absolute Gasteiger partial charge is 1.00 e. The third-order valence-electron chi connectivity index (χ3n) is 0.963. The van der Waals surface area contributed by atoms with Crippen LogP contribution in [0.5, 0.6) is 0 Å². The van der Waals surface area contributed by atoms with Crippen LogP contribution < -0.4 is 164 Å². The van der Waals surface area contributed by atoms with Gasteiger partial charge in [-0.1, -0.05) is 0 Å². The van der Waals surface area contributed by atoms with Crippen LogP contribution in [0, 0.1) is 0 Å². The Kier molecular flexibility index (Phi) is 23.1. The number of hydrogen-bond acceptors (Lipinski definition) is 7. The smallest absolute Gasteiger partial charge is 0.747 e. The van der Waals surface area contributed by atoms with Crippen molar-refractivity contribution in [2.75, 3.05) is 0 Å². The Balaban J connectivity index is -0.000000202. The van der Waals surface area contributed by atoms with Gasteiger partial charge in [0.1, 0.15) is 10.1 Å². The predicted octanol–water partition coefficient (Wildman–Crippen LogP) is -13.2. The summed E-state index contributed by atoms with van der Waals surface area (Å²) in [6.45, 7) is 0. The topological polar surface area (TPSA) is 137 Å². The molecule has 7 nitrogen and oxygen atoms in total. The van der Waals surface area contributed by atoms with Gasteiger partial charge in [0.05, 0.1) is 11.2 Å². The number of carboxylic acid groups (broad SMARTS) is 2. The van der Waals surface area contributed by atoms with Crippen molar-refractivity contribution >= 4 is 22.1 Å². The molecule has 15 heavy (non-hydrogen) atoms. The average Bonchev–Trinajstić information content (AvgIpc) is 1.79. The molecule has 0 aliphatic heterocycles. The first kappa shape index (κ1) is 27.2. The molecular weight excluding hydrogens is 309 g/mol. The predicted molar refractivity (Wildman–Crippen MR) is 28.1 cm³/mol. The Hall–Kier alpha value is 3.76. The van der Waals surface area contributed by atoms with Crippen molar-refractivity contribution in [3.63, 3.8) is 0 Å². The van der Waals surface area contributed by atoms with E-state index in [4.69, 9.17) is 0 Å². The Morgan fingerprint density at radius 1 is 1.07 bits per heavy atom. The molecule has 1 atom stereocenters. The van der Waals surface area contributed by atoms with Crippen molar-refractivity contribution in [2.45, 2.75) is 11.7 Å². The first-order valence-corrected chi connectivity index (χ1v) is 4.07. The van der Waals surface area contributed by atoms with Gasteiger partial charge in [-0.05, 0) is 0 Å². The molecule has 0 amide bonds. The summed E-state index contributed by atoms with van der Waals surface area (Å²) in [5, 5.41) is 17.1. The summed E-state index contributed by atoms with van der Waals surface area (Å²) in [7, 11) is -5.19. The van der Waals surface area contributed by atoms with E-state index in [1.54, 1.807) is 0 Å². The van der Waals surface area contributed by atoms with Gasteiger partial charge < -0.3 is 24.4 Å². The van der Waals surface area contributed by atoms with Gasteiger partial charge in [0.2, 0.25) is 0 Å². The summed E-state index contributed by atoms with van der Waals surface area (Å²) >= 11 is 0. The van der Waals surface area contributed by atoms with Gasteiger partial charge in [0, 0.05) is 12.4 Å². The summed E-state index contributed by atoms with van der Waals surface area (Å²) in [6.07, 6.45) is -1.39. The van der Waals surface area contributed by atoms with Gasteiger partial charge in [-0.2, -0.15) is 0 Å². The van der Waals surface area contributed by atoms with E-state index < -0.39 is 33.7 Å². The summed E-state index contributed by atoms with van der Waals surface area (Å²) in [6, 6.07) is 0. The molecule has 0 spiro atoms. The van der Waals surface area contributed by atoms with Gasteiger partial charge in [0.25, 0.3) is 0 Å². The van der Waals surface area contributed by atoms with E-state index in [0.29, 0.717) is 0 Å². The van der Waals surface area contributed by atoms with Crippen LogP contribution in [0.1, 0.15) is 6.42 Å². The van der Waals surface area contributed by atoms with Gasteiger partial charge in [-0.3, -0.25) is 0 Å². The average molecular weight is 312 g/mol. The molecule has 11 heteroatoms. The van der Waals surface area contributed by atoms with Crippen molar-refractivity contribution in [1.29, 1.82) is 0 Å². The molecule has 0 rings (SSSR count). The SMILES string of the molecule is O=C([O-])CC(C(=O)[O-])S(=O)(=O)[O-].[K+].[K+].[K+]. The third-order valence-corrected chi connectivity index (χ3v) is 2.02. The number of carbonyl (C=O) groups excluding carboxylic acids is 2. The zero-order valence-electron chi connectivity index (χ0n) is 8.55. The van der Waals surface area contributed by atoms with Crippen molar-refractivity contribution in [1.82, 2.24) is 0 Å². The Morgan fingerprint density at radius 3 is 1.47 bits per heavy atom. The summed E-state index contributed by atoms with van der Waals surface area (Å²) < 4.78 is 30.1. The minimum Gasteiger partial charge on any atom is -0.747 e. The van der Waals surface area contributed by atoms with E-state index in [9.17, 15) is 32.8 Å². The van der Waals surface area contributed by atoms with Crippen LogP contribution in [-0.2, 0) is 19.7 Å². The molecule has 0 fully saturated rings. The molecule has 70 valence electrons. The van der Waals surface area contributed by atoms with Crippen LogP contribution in [0.2, 0.25) is 0 Å². The van der Waals surface area contributed by atoms with E-state index in [1.807, 2.05) is 0 Å². The Bertz CT molecular complexity index is 299. The molecule has 0 bridgehead atoms. The second-order valence-electron chi connectivity index (χ2n) is 1.88. The van der Waals surface area contributed by atoms with Crippen LogP contribution in [0.25, 0.3) is 0 Å². The molecule has 0 aromatic rings. The number of hydrogen-bond donors (Lipinski definition) is 0. The van der Waals surface area contributed by atoms with Gasteiger partial charge in [-0.15, -0.1) is 0 Å². The van der Waals surface area contributed by atoms with Gasteiger partial charge in [-0.25, -0.2) is 8.42 Å². The molecule has 0 aliphatic carbocycles. The second-order valence-corrected chi connectivity index (χ2v) is 3.43. The van der Waals surface area contributed by atoms with Crippen molar-refractivity contribution in [3.05, 3.63) is 0 Å². The van der Waals surface area contributed by atoms with Gasteiger partial charge >= 0.3 is 154 Å². The van der Waals surface area contributed by atoms with Gasteiger partial charge in [0.15, 0.2) is 0 Å². The van der Waals surface area contributed by atoms with Crippen LogP contribution in [0.4, 0.5) is 0 Å². The quantitative estimate of drug-likeness (QED) is 0.371. The fourth-order valence-electron chi connectivity index (χ4n) is 0.455. The summed E-state index contributed by atoms with van der Waals surface area (Å²) in [4.78, 5) is 19.7. The molecule has 0 aromatic carbocycles. The molecule has 1 unspecified atom stereocenters. The maximum absolute atomic E-state index is 10.0. The standard InChI is InChI=1S/C4H6O7S.3K/c5-3(6)1-2(4(7)8)12(9,10)11;;;/h2H,1H2,(H,5,6)(H,7,8)(H,9,10,11);;;/q;3*+1/p-3. The third kappa shape index (κ3) is 14.0. The Morgan fingerprint density at radius 2 is 1.40 bits per heavy atom. The summed E-state index contributed by atoms with van der Waals surface area (Å²) in [5.74, 6) is -4.18. The number of carbonyl (C=O) groups is 2. The van der Waals surface area contributed by atoms with Crippen LogP contribution in [0.3, 0.4) is 0 Å².